The number of sulfonamides is 1. The topological polar surface area (TPSA) is 132 Å². The summed E-state index contributed by atoms with van der Waals surface area (Å²) in [6.07, 6.45) is 9.81. The van der Waals surface area contributed by atoms with Crippen LogP contribution in [0, 0.1) is 11.6 Å². The van der Waals surface area contributed by atoms with E-state index in [1.807, 2.05) is 10.9 Å². The van der Waals surface area contributed by atoms with E-state index in [9.17, 15) is 17.2 Å². The highest BCUT2D eigenvalue weighted by Gasteiger charge is 2.23. The molecule has 5 heterocycles. The van der Waals surface area contributed by atoms with Crippen molar-refractivity contribution in [2.75, 3.05) is 31.5 Å². The van der Waals surface area contributed by atoms with Crippen molar-refractivity contribution >= 4 is 21.4 Å². The smallest absolute Gasteiger partial charge is 0.264 e. The lowest BCUT2D eigenvalue weighted by Gasteiger charge is -2.26. The molecule has 1 aromatic carbocycles. The summed E-state index contributed by atoms with van der Waals surface area (Å²) in [5.41, 5.74) is 2.66. The van der Waals surface area contributed by atoms with E-state index in [2.05, 4.69) is 29.9 Å². The van der Waals surface area contributed by atoms with Gasteiger partial charge in [0.2, 0.25) is 5.88 Å². The third kappa shape index (κ3) is 6.17. The molecule has 0 radical (unpaired) electrons. The minimum Gasteiger partial charge on any atom is -0.480 e. The van der Waals surface area contributed by atoms with E-state index in [0.717, 1.165) is 44.7 Å². The third-order valence-electron chi connectivity index (χ3n) is 7.24. The van der Waals surface area contributed by atoms with Gasteiger partial charge in [0.05, 0.1) is 25.2 Å². The Balaban J connectivity index is 1.24. The zero-order chi connectivity index (χ0) is 30.0. The molecule has 1 fully saturated rings. The van der Waals surface area contributed by atoms with Gasteiger partial charge in [0, 0.05) is 24.4 Å². The molecule has 0 saturated carbocycles. The normalized spacial score (nSPS) is 14.3. The predicted octanol–water partition coefficient (Wildman–Crippen LogP) is 4.01. The average molecular weight is 610 g/mol. The van der Waals surface area contributed by atoms with Crippen LogP contribution < -0.4 is 9.46 Å². The number of piperidine rings is 1. The van der Waals surface area contributed by atoms with Crippen molar-refractivity contribution in [3.63, 3.8) is 0 Å². The Bertz CT molecular complexity index is 1870. The van der Waals surface area contributed by atoms with Crippen molar-refractivity contribution in [1.29, 1.82) is 0 Å². The number of imidazole rings is 1. The van der Waals surface area contributed by atoms with Gasteiger partial charge in [-0.25, -0.2) is 31.7 Å². The Morgan fingerprint density at radius 3 is 2.60 bits per heavy atom. The zero-order valence-electron chi connectivity index (χ0n) is 23.3. The Morgan fingerprint density at radius 1 is 0.977 bits per heavy atom. The molecule has 1 saturated heterocycles. The van der Waals surface area contributed by atoms with Gasteiger partial charge in [-0.1, -0.05) is 11.6 Å². The van der Waals surface area contributed by atoms with Gasteiger partial charge in [0.15, 0.2) is 5.65 Å². The molecule has 12 nitrogen and oxygen atoms in total. The van der Waals surface area contributed by atoms with E-state index in [-0.39, 0.29) is 11.6 Å². The molecule has 0 aliphatic carbocycles. The number of halogens is 2. The summed E-state index contributed by atoms with van der Waals surface area (Å²) < 4.78 is 64.4. The Labute approximate surface area is 246 Å². The number of ether oxygens (including phenoxy) is 1. The number of hydrogen-bond donors (Lipinski definition) is 1. The second-order valence-corrected chi connectivity index (χ2v) is 11.9. The minimum atomic E-state index is -4.44. The molecule has 0 spiro atoms. The zero-order valence-corrected chi connectivity index (χ0v) is 24.1. The van der Waals surface area contributed by atoms with Crippen molar-refractivity contribution < 1.29 is 21.9 Å². The van der Waals surface area contributed by atoms with Crippen LogP contribution in [0.1, 0.15) is 25.7 Å². The fraction of sp³-hybridized carbons (Fsp3) is 0.321. The molecule has 1 aliphatic heterocycles. The van der Waals surface area contributed by atoms with Gasteiger partial charge in [0.25, 0.3) is 10.0 Å². The first-order valence-corrected chi connectivity index (χ1v) is 15.3. The molecular formula is C28H29F2N9O3S. The molecule has 15 heteroatoms. The molecule has 6 rings (SSSR count). The number of fused-ring (bicyclic) bond motifs is 1. The highest BCUT2D eigenvalue weighted by molar-refractivity contribution is 7.92. The number of pyridine rings is 1. The summed E-state index contributed by atoms with van der Waals surface area (Å²) in [4.78, 5) is 10.4. The van der Waals surface area contributed by atoms with E-state index in [4.69, 9.17) is 9.84 Å². The van der Waals surface area contributed by atoms with Crippen molar-refractivity contribution in [1.82, 2.24) is 39.5 Å². The molecule has 224 valence electrons. The van der Waals surface area contributed by atoms with Gasteiger partial charge in [-0.15, -0.1) is 5.10 Å². The molecule has 5 aromatic rings. The van der Waals surface area contributed by atoms with E-state index in [1.54, 1.807) is 22.8 Å². The standard InChI is InChI=1S/C28H29F2N9O3S/c1-42-28-23(35-43(40,41)26-8-6-20(29)15-21(26)30)14-19(16-32-28)22-7-9-27-31-17-25(39(27)34-22)24-18-38(36-33-24)13-5-12-37-10-3-2-4-11-37/h6-9,14-18,35H,2-5,10-13H2,1H3. The first-order chi connectivity index (χ1) is 20.8. The van der Waals surface area contributed by atoms with Crippen LogP contribution in [0.2, 0.25) is 0 Å². The molecule has 4 aromatic heterocycles. The lowest BCUT2D eigenvalue weighted by atomic mass is 10.1. The maximum absolute atomic E-state index is 14.3. The van der Waals surface area contributed by atoms with Crippen molar-refractivity contribution in [2.24, 2.45) is 0 Å². The van der Waals surface area contributed by atoms with Gasteiger partial charge < -0.3 is 9.64 Å². The van der Waals surface area contributed by atoms with E-state index in [0.29, 0.717) is 34.4 Å². The van der Waals surface area contributed by atoms with Crippen LogP contribution >= 0.6 is 0 Å². The molecule has 0 amide bonds. The van der Waals surface area contributed by atoms with E-state index >= 15 is 0 Å². The highest BCUT2D eigenvalue weighted by atomic mass is 32.2. The molecule has 1 N–H and O–H groups in total. The fourth-order valence-electron chi connectivity index (χ4n) is 5.09. The minimum absolute atomic E-state index is 0.0452. The average Bonchev–Trinajstić information content (AvgIpc) is 3.64. The van der Waals surface area contributed by atoms with Crippen LogP contribution in [0.5, 0.6) is 5.88 Å². The van der Waals surface area contributed by atoms with Crippen LogP contribution in [0.15, 0.2) is 59.9 Å². The van der Waals surface area contributed by atoms with Crippen molar-refractivity contribution in [3.8, 4) is 28.5 Å². The summed E-state index contributed by atoms with van der Waals surface area (Å²) in [6, 6.07) is 7.14. The molecular weight excluding hydrogens is 580 g/mol. The second kappa shape index (κ2) is 12.0. The quantitative estimate of drug-likeness (QED) is 0.249. The van der Waals surface area contributed by atoms with Crippen LogP contribution in [-0.4, -0.2) is 74.6 Å². The van der Waals surface area contributed by atoms with Crippen LogP contribution in [0.25, 0.3) is 28.3 Å². The van der Waals surface area contributed by atoms with E-state index < -0.39 is 26.6 Å². The van der Waals surface area contributed by atoms with Crippen molar-refractivity contribution in [3.05, 3.63) is 66.6 Å². The second-order valence-electron chi connectivity index (χ2n) is 10.2. The number of anilines is 1. The number of aromatic nitrogens is 7. The van der Waals surface area contributed by atoms with Gasteiger partial charge in [-0.3, -0.25) is 9.40 Å². The Hall–Kier alpha value is -4.50. The fourth-order valence-corrected chi connectivity index (χ4v) is 6.20. The number of likely N-dealkylation sites (tertiary alicyclic amines) is 1. The predicted molar refractivity (Wildman–Crippen MR) is 154 cm³/mol. The number of nitrogens with zero attached hydrogens (tertiary/aromatic N) is 8. The molecule has 1 aliphatic rings. The summed E-state index contributed by atoms with van der Waals surface area (Å²) >= 11 is 0. The van der Waals surface area contributed by atoms with Gasteiger partial charge in [0.1, 0.15) is 33.6 Å². The SMILES string of the molecule is COc1ncc(-c2ccc3ncc(-c4cn(CCCN5CCCCC5)nn4)n3n2)cc1NS(=O)(=O)c1ccc(F)cc1F. The number of nitrogens with one attached hydrogen (secondary N) is 1. The molecule has 0 bridgehead atoms. The number of benzene rings is 1. The van der Waals surface area contributed by atoms with Gasteiger partial charge >= 0.3 is 0 Å². The number of aryl methyl sites for hydroxylation is 1. The Kier molecular flexibility index (Phi) is 7.99. The number of methoxy groups -OCH3 is 1. The highest BCUT2D eigenvalue weighted by Crippen LogP contribution is 2.30. The summed E-state index contributed by atoms with van der Waals surface area (Å²) in [5, 5.41) is 13.3. The van der Waals surface area contributed by atoms with Crippen LogP contribution in [0.4, 0.5) is 14.5 Å². The first kappa shape index (κ1) is 28.6. The first-order valence-electron chi connectivity index (χ1n) is 13.8. The maximum atomic E-state index is 14.3. The van der Waals surface area contributed by atoms with Gasteiger partial charge in [-0.2, -0.15) is 5.10 Å². The Morgan fingerprint density at radius 2 is 1.81 bits per heavy atom. The van der Waals surface area contributed by atoms with E-state index in [1.165, 1.54) is 38.6 Å². The summed E-state index contributed by atoms with van der Waals surface area (Å²) in [6.45, 7) is 4.09. The lowest BCUT2D eigenvalue weighted by molar-refractivity contribution is 0.221. The largest absolute Gasteiger partial charge is 0.480 e. The summed E-state index contributed by atoms with van der Waals surface area (Å²) in [7, 11) is -3.12. The molecule has 43 heavy (non-hydrogen) atoms. The van der Waals surface area contributed by atoms with Crippen LogP contribution in [-0.2, 0) is 16.6 Å². The third-order valence-corrected chi connectivity index (χ3v) is 8.64. The van der Waals surface area contributed by atoms with Crippen molar-refractivity contribution in [2.45, 2.75) is 37.1 Å². The monoisotopic (exact) mass is 609 g/mol. The lowest BCUT2D eigenvalue weighted by Crippen LogP contribution is -2.31. The maximum Gasteiger partial charge on any atom is 0.264 e. The molecule has 0 unspecified atom stereocenters. The van der Waals surface area contributed by atoms with Crippen LogP contribution in [0.3, 0.4) is 0 Å². The van der Waals surface area contributed by atoms with Gasteiger partial charge in [-0.05, 0) is 69.2 Å². The number of rotatable bonds is 10. The molecule has 0 atom stereocenters. The summed E-state index contributed by atoms with van der Waals surface area (Å²) in [5.74, 6) is -2.17. The number of hydrogen-bond acceptors (Lipinski definition) is 9.